The van der Waals surface area contributed by atoms with Crippen molar-refractivity contribution in [3.63, 3.8) is 0 Å². The molecular formula is C18H33NO6. The zero-order valence-electron chi connectivity index (χ0n) is 15.2. The Bertz CT molecular complexity index is 399. The fourth-order valence-corrected chi connectivity index (χ4v) is 2.63. The van der Waals surface area contributed by atoms with Crippen molar-refractivity contribution in [3.05, 3.63) is 0 Å². The molecule has 0 heterocycles. The minimum atomic E-state index is -1.47. The summed E-state index contributed by atoms with van der Waals surface area (Å²) in [5.74, 6) is -3.34. The first-order valence-electron chi connectivity index (χ1n) is 9.28. The van der Waals surface area contributed by atoms with Crippen molar-refractivity contribution in [2.75, 3.05) is 0 Å². The lowest BCUT2D eigenvalue weighted by Crippen LogP contribution is -2.43. The Morgan fingerprint density at radius 1 is 0.840 bits per heavy atom. The second-order valence-corrected chi connectivity index (χ2v) is 6.53. The van der Waals surface area contributed by atoms with Gasteiger partial charge >= 0.3 is 11.9 Å². The molecule has 7 nitrogen and oxygen atoms in total. The molecule has 0 aromatic carbocycles. The molecule has 0 fully saturated rings. The zero-order chi connectivity index (χ0) is 19.1. The maximum Gasteiger partial charge on any atom is 0.326 e. The summed E-state index contributed by atoms with van der Waals surface area (Å²) >= 11 is 0. The van der Waals surface area contributed by atoms with Gasteiger partial charge in [0.2, 0.25) is 5.91 Å². The van der Waals surface area contributed by atoms with Gasteiger partial charge in [0, 0.05) is 0 Å². The van der Waals surface area contributed by atoms with Crippen molar-refractivity contribution in [3.8, 4) is 0 Å². The number of amides is 1. The van der Waals surface area contributed by atoms with Gasteiger partial charge in [-0.15, -0.1) is 0 Å². The lowest BCUT2D eigenvalue weighted by molar-refractivity contribution is -0.147. The van der Waals surface area contributed by atoms with E-state index < -0.39 is 36.4 Å². The van der Waals surface area contributed by atoms with E-state index in [0.717, 1.165) is 19.3 Å². The lowest BCUT2D eigenvalue weighted by Gasteiger charge is -2.14. The normalized spacial score (nSPS) is 13.2. The second kappa shape index (κ2) is 14.7. The molecule has 0 aromatic rings. The predicted molar refractivity (Wildman–Crippen MR) is 94.3 cm³/mol. The first-order chi connectivity index (χ1) is 11.9. The number of hydrogen-bond donors (Lipinski definition) is 4. The molecule has 0 radical (unpaired) electrons. The number of carbonyl (C=O) groups excluding carboxylic acids is 1. The van der Waals surface area contributed by atoms with Crippen molar-refractivity contribution in [2.24, 2.45) is 0 Å². The van der Waals surface area contributed by atoms with E-state index >= 15 is 0 Å². The molecule has 0 aliphatic carbocycles. The van der Waals surface area contributed by atoms with Gasteiger partial charge in [-0.3, -0.25) is 9.59 Å². The Kier molecular flexibility index (Phi) is 13.7. The molecule has 25 heavy (non-hydrogen) atoms. The molecule has 0 aliphatic heterocycles. The van der Waals surface area contributed by atoms with Crippen LogP contribution in [0.5, 0.6) is 0 Å². The molecule has 0 aliphatic rings. The van der Waals surface area contributed by atoms with Crippen molar-refractivity contribution in [1.29, 1.82) is 0 Å². The quantitative estimate of drug-likeness (QED) is 0.314. The van der Waals surface area contributed by atoms with Gasteiger partial charge in [-0.2, -0.15) is 0 Å². The molecular weight excluding hydrogens is 326 g/mol. The van der Waals surface area contributed by atoms with Gasteiger partial charge in [-0.25, -0.2) is 4.79 Å². The van der Waals surface area contributed by atoms with Gasteiger partial charge in [-0.1, -0.05) is 64.7 Å². The number of carboxylic acids is 2. The van der Waals surface area contributed by atoms with E-state index in [0.29, 0.717) is 6.42 Å². The zero-order valence-corrected chi connectivity index (χ0v) is 15.2. The Hall–Kier alpha value is -1.63. The fraction of sp³-hybridized carbons (Fsp3) is 0.833. The number of aliphatic hydroxyl groups excluding tert-OH is 1. The van der Waals surface area contributed by atoms with Crippen LogP contribution in [0, 0.1) is 0 Å². The van der Waals surface area contributed by atoms with Crippen LogP contribution in [0.4, 0.5) is 0 Å². The average Bonchev–Trinajstić information content (AvgIpc) is 2.52. The highest BCUT2D eigenvalue weighted by Gasteiger charge is 2.23. The SMILES string of the molecule is CCCCCCCCCCCC(O)CC(=O)N[C@@H](CC(=O)O)C(=O)O. The van der Waals surface area contributed by atoms with E-state index in [9.17, 15) is 19.5 Å². The van der Waals surface area contributed by atoms with Crippen LogP contribution < -0.4 is 5.32 Å². The van der Waals surface area contributed by atoms with E-state index in [4.69, 9.17) is 10.2 Å². The molecule has 1 unspecified atom stereocenters. The van der Waals surface area contributed by atoms with Gasteiger partial charge in [-0.05, 0) is 6.42 Å². The summed E-state index contributed by atoms with van der Waals surface area (Å²) in [6.45, 7) is 2.19. The molecule has 7 heteroatoms. The number of nitrogens with one attached hydrogen (secondary N) is 1. The van der Waals surface area contributed by atoms with E-state index in [-0.39, 0.29) is 6.42 Å². The minimum Gasteiger partial charge on any atom is -0.481 e. The van der Waals surface area contributed by atoms with Gasteiger partial charge < -0.3 is 20.6 Å². The first-order valence-corrected chi connectivity index (χ1v) is 9.28. The third-order valence-electron chi connectivity index (χ3n) is 4.07. The average molecular weight is 359 g/mol. The van der Waals surface area contributed by atoms with Crippen LogP contribution in [-0.2, 0) is 14.4 Å². The Morgan fingerprint density at radius 2 is 1.36 bits per heavy atom. The van der Waals surface area contributed by atoms with Crippen molar-refractivity contribution in [1.82, 2.24) is 5.32 Å². The number of aliphatic hydroxyl groups is 1. The summed E-state index contributed by atoms with van der Waals surface area (Å²) < 4.78 is 0. The van der Waals surface area contributed by atoms with Crippen LogP contribution in [-0.4, -0.2) is 45.3 Å². The largest absolute Gasteiger partial charge is 0.481 e. The van der Waals surface area contributed by atoms with Gasteiger partial charge in [0.15, 0.2) is 0 Å². The second-order valence-electron chi connectivity index (χ2n) is 6.53. The number of carboxylic acid groups (broad SMARTS) is 2. The number of unbranched alkanes of at least 4 members (excludes halogenated alkanes) is 8. The maximum absolute atomic E-state index is 11.7. The number of rotatable bonds is 16. The molecule has 0 aromatic heterocycles. The van der Waals surface area contributed by atoms with E-state index in [1.165, 1.54) is 38.5 Å². The van der Waals surface area contributed by atoms with Crippen LogP contribution in [0.1, 0.15) is 84.0 Å². The molecule has 0 bridgehead atoms. The number of aliphatic carboxylic acids is 2. The minimum absolute atomic E-state index is 0.208. The molecule has 2 atom stereocenters. The first kappa shape index (κ1) is 23.4. The highest BCUT2D eigenvalue weighted by molar-refractivity contribution is 5.86. The molecule has 146 valence electrons. The summed E-state index contributed by atoms with van der Waals surface area (Å²) in [6.07, 6.45) is 9.24. The topological polar surface area (TPSA) is 124 Å². The highest BCUT2D eigenvalue weighted by Crippen LogP contribution is 2.12. The molecule has 1 amide bonds. The van der Waals surface area contributed by atoms with Crippen molar-refractivity contribution >= 4 is 17.8 Å². The smallest absolute Gasteiger partial charge is 0.326 e. The summed E-state index contributed by atoms with van der Waals surface area (Å²) in [4.78, 5) is 33.1. The fourth-order valence-electron chi connectivity index (χ4n) is 2.63. The Labute approximate surface area is 149 Å². The molecule has 0 saturated carbocycles. The highest BCUT2D eigenvalue weighted by atomic mass is 16.4. The van der Waals surface area contributed by atoms with Gasteiger partial charge in [0.05, 0.1) is 18.9 Å². The maximum atomic E-state index is 11.7. The predicted octanol–water partition coefficient (Wildman–Crippen LogP) is 2.70. The van der Waals surface area contributed by atoms with Crippen LogP contribution >= 0.6 is 0 Å². The molecule has 0 spiro atoms. The van der Waals surface area contributed by atoms with Crippen molar-refractivity contribution < 1.29 is 29.7 Å². The third-order valence-corrected chi connectivity index (χ3v) is 4.07. The van der Waals surface area contributed by atoms with Crippen LogP contribution in [0.15, 0.2) is 0 Å². The summed E-state index contributed by atoms with van der Waals surface area (Å²) in [6, 6.07) is -1.47. The standard InChI is InChI=1S/C18H33NO6/c1-2-3-4-5-6-7-8-9-10-11-14(20)12-16(21)19-15(18(24)25)13-17(22)23/h14-15,20H,2-13H2,1H3,(H,19,21)(H,22,23)(H,24,25)/t14?,15-/m0/s1. The Morgan fingerprint density at radius 3 is 1.84 bits per heavy atom. The summed E-state index contributed by atoms with van der Waals surface area (Å²) in [5, 5.41) is 29.4. The monoisotopic (exact) mass is 359 g/mol. The molecule has 0 saturated heterocycles. The van der Waals surface area contributed by atoms with E-state index in [2.05, 4.69) is 12.2 Å². The summed E-state index contributed by atoms with van der Waals surface area (Å²) in [7, 11) is 0. The van der Waals surface area contributed by atoms with Crippen LogP contribution in [0.3, 0.4) is 0 Å². The molecule has 0 rings (SSSR count). The van der Waals surface area contributed by atoms with Gasteiger partial charge in [0.1, 0.15) is 6.04 Å². The third kappa shape index (κ3) is 14.4. The van der Waals surface area contributed by atoms with Crippen LogP contribution in [0.25, 0.3) is 0 Å². The van der Waals surface area contributed by atoms with E-state index in [1.54, 1.807) is 0 Å². The Balaban J connectivity index is 3.76. The van der Waals surface area contributed by atoms with Crippen LogP contribution in [0.2, 0.25) is 0 Å². The van der Waals surface area contributed by atoms with Gasteiger partial charge in [0.25, 0.3) is 0 Å². The van der Waals surface area contributed by atoms with E-state index in [1.807, 2.05) is 0 Å². The van der Waals surface area contributed by atoms with Crippen molar-refractivity contribution in [2.45, 2.75) is 96.1 Å². The number of carbonyl (C=O) groups is 3. The molecule has 4 N–H and O–H groups in total. The lowest BCUT2D eigenvalue weighted by atomic mass is 10.0. The summed E-state index contributed by atoms with van der Waals surface area (Å²) in [5.41, 5.74) is 0. The number of hydrogen-bond acceptors (Lipinski definition) is 4.